The van der Waals surface area contributed by atoms with E-state index in [1.54, 1.807) is 36.6 Å². The number of likely N-dealkylation sites (N-methyl/N-ethyl adjacent to an activating group) is 1. The van der Waals surface area contributed by atoms with Crippen molar-refractivity contribution in [3.8, 4) is 11.1 Å². The number of aliphatic hydroxyl groups excluding tert-OH is 1. The SMILES string of the molecule is CCC(=O)N1[C@H](C(=O)N(C)C)[C@@H](CO)[C@@H]2Cn3c(ccc(-c4ccccc4)c3=O)[C@@H]21. The molecule has 2 aromatic rings. The molecule has 2 aliphatic rings. The first-order valence-corrected chi connectivity index (χ1v) is 10.3. The summed E-state index contributed by atoms with van der Waals surface area (Å²) in [5.41, 5.74) is 2.08. The van der Waals surface area contributed by atoms with Gasteiger partial charge in [0.25, 0.3) is 5.56 Å². The van der Waals surface area contributed by atoms with E-state index < -0.39 is 12.0 Å². The van der Waals surface area contributed by atoms with Crippen LogP contribution in [0.25, 0.3) is 11.1 Å². The van der Waals surface area contributed by atoms with Crippen LogP contribution in [0.4, 0.5) is 0 Å². The summed E-state index contributed by atoms with van der Waals surface area (Å²) in [5, 5.41) is 10.2. The Hall–Kier alpha value is -2.93. The molecule has 7 nitrogen and oxygen atoms in total. The molecule has 158 valence electrons. The number of nitrogens with zero attached hydrogens (tertiary/aromatic N) is 3. The quantitative estimate of drug-likeness (QED) is 0.830. The van der Waals surface area contributed by atoms with E-state index in [9.17, 15) is 19.5 Å². The first-order valence-electron chi connectivity index (χ1n) is 10.3. The van der Waals surface area contributed by atoms with E-state index in [0.717, 1.165) is 11.3 Å². The second-order valence-corrected chi connectivity index (χ2v) is 8.24. The number of hydrogen-bond acceptors (Lipinski definition) is 4. The number of carbonyl (C=O) groups excluding carboxylic acids is 2. The van der Waals surface area contributed by atoms with E-state index >= 15 is 0 Å². The molecule has 3 heterocycles. The van der Waals surface area contributed by atoms with Gasteiger partial charge in [0.15, 0.2) is 0 Å². The van der Waals surface area contributed by atoms with E-state index in [-0.39, 0.29) is 42.4 Å². The van der Waals surface area contributed by atoms with E-state index in [1.165, 1.54) is 4.90 Å². The first kappa shape index (κ1) is 20.3. The summed E-state index contributed by atoms with van der Waals surface area (Å²) < 4.78 is 1.71. The van der Waals surface area contributed by atoms with Crippen LogP contribution in [0.15, 0.2) is 47.3 Å². The maximum Gasteiger partial charge on any atom is 0.258 e. The number of fused-ring (bicyclic) bond motifs is 3. The minimum atomic E-state index is -0.717. The van der Waals surface area contributed by atoms with Crippen LogP contribution in [0.5, 0.6) is 0 Å². The minimum absolute atomic E-state index is 0.107. The molecule has 1 fully saturated rings. The molecule has 7 heteroatoms. The standard InChI is InChI=1S/C23H27N3O4/c1-4-19(28)26-20-16(17(13-27)21(26)23(30)24(2)3)12-25-18(20)11-10-15(22(25)29)14-8-6-5-7-9-14/h5-11,16-17,20-21,27H,4,12-13H2,1-3H3/t16-,17-,20+,21-/m0/s1. The molecular weight excluding hydrogens is 382 g/mol. The van der Waals surface area contributed by atoms with Gasteiger partial charge in [0.05, 0.1) is 6.04 Å². The number of carbonyl (C=O) groups is 2. The summed E-state index contributed by atoms with van der Waals surface area (Å²) in [4.78, 5) is 42.2. The Kier molecular flexibility index (Phi) is 5.24. The number of pyridine rings is 1. The molecule has 0 spiro atoms. The average Bonchev–Trinajstić information content (AvgIpc) is 3.28. The predicted octanol–water partition coefficient (Wildman–Crippen LogP) is 1.50. The molecule has 4 atom stereocenters. The zero-order chi connectivity index (χ0) is 21.6. The van der Waals surface area contributed by atoms with Gasteiger partial charge in [-0.05, 0) is 17.7 Å². The van der Waals surface area contributed by atoms with Gasteiger partial charge in [-0.1, -0.05) is 37.3 Å². The third kappa shape index (κ3) is 2.96. The van der Waals surface area contributed by atoms with Crippen LogP contribution in [0.1, 0.15) is 25.1 Å². The molecule has 1 aromatic carbocycles. The molecule has 1 saturated heterocycles. The largest absolute Gasteiger partial charge is 0.396 e. The summed E-state index contributed by atoms with van der Waals surface area (Å²) in [6, 6.07) is 12.1. The van der Waals surface area contributed by atoms with E-state index in [1.807, 2.05) is 36.4 Å². The van der Waals surface area contributed by atoms with Crippen LogP contribution in [0.2, 0.25) is 0 Å². The minimum Gasteiger partial charge on any atom is -0.396 e. The van der Waals surface area contributed by atoms with Crippen molar-refractivity contribution < 1.29 is 14.7 Å². The van der Waals surface area contributed by atoms with Crippen molar-refractivity contribution in [3.05, 3.63) is 58.5 Å². The van der Waals surface area contributed by atoms with Gasteiger partial charge in [0.1, 0.15) is 6.04 Å². The van der Waals surface area contributed by atoms with Crippen LogP contribution in [0.3, 0.4) is 0 Å². The van der Waals surface area contributed by atoms with Crippen molar-refractivity contribution in [1.29, 1.82) is 0 Å². The molecule has 0 unspecified atom stereocenters. The number of hydrogen-bond donors (Lipinski definition) is 1. The van der Waals surface area contributed by atoms with Gasteiger partial charge in [0.2, 0.25) is 11.8 Å². The van der Waals surface area contributed by atoms with E-state index in [2.05, 4.69) is 0 Å². The van der Waals surface area contributed by atoms with Crippen LogP contribution in [-0.4, -0.2) is 58.0 Å². The van der Waals surface area contributed by atoms with Crippen molar-refractivity contribution in [1.82, 2.24) is 14.4 Å². The maximum atomic E-state index is 13.3. The second kappa shape index (κ2) is 7.72. The molecule has 0 saturated carbocycles. The van der Waals surface area contributed by atoms with Crippen molar-refractivity contribution in [2.75, 3.05) is 20.7 Å². The Morgan fingerprint density at radius 1 is 1.13 bits per heavy atom. The zero-order valence-electron chi connectivity index (χ0n) is 17.5. The zero-order valence-corrected chi connectivity index (χ0v) is 17.5. The number of amides is 2. The maximum absolute atomic E-state index is 13.3. The smallest absolute Gasteiger partial charge is 0.258 e. The lowest BCUT2D eigenvalue weighted by Crippen LogP contribution is -2.49. The fraction of sp³-hybridized carbons (Fsp3) is 0.435. The number of rotatable bonds is 4. The van der Waals surface area contributed by atoms with E-state index in [0.29, 0.717) is 12.1 Å². The summed E-state index contributed by atoms with van der Waals surface area (Å²) in [6.45, 7) is 1.93. The molecule has 0 aliphatic carbocycles. The van der Waals surface area contributed by atoms with Crippen molar-refractivity contribution in [2.24, 2.45) is 11.8 Å². The van der Waals surface area contributed by atoms with Gasteiger partial charge in [-0.3, -0.25) is 14.4 Å². The lowest BCUT2D eigenvalue weighted by molar-refractivity contribution is -0.145. The average molecular weight is 409 g/mol. The third-order valence-electron chi connectivity index (χ3n) is 6.44. The number of benzene rings is 1. The summed E-state index contributed by atoms with van der Waals surface area (Å²) in [5.74, 6) is -0.938. The molecule has 0 radical (unpaired) electrons. The molecule has 1 aromatic heterocycles. The highest BCUT2D eigenvalue weighted by Crippen LogP contribution is 2.49. The normalized spacial score (nSPS) is 24.5. The van der Waals surface area contributed by atoms with Crippen molar-refractivity contribution in [3.63, 3.8) is 0 Å². The Morgan fingerprint density at radius 3 is 2.43 bits per heavy atom. The van der Waals surface area contributed by atoms with Crippen molar-refractivity contribution in [2.45, 2.75) is 32.0 Å². The molecule has 1 N–H and O–H groups in total. The number of likely N-dealkylation sites (tertiary alicyclic amines) is 1. The molecule has 0 bridgehead atoms. The van der Waals surface area contributed by atoms with Crippen LogP contribution < -0.4 is 5.56 Å². The van der Waals surface area contributed by atoms with E-state index in [4.69, 9.17) is 0 Å². The highest BCUT2D eigenvalue weighted by molar-refractivity contribution is 5.89. The highest BCUT2D eigenvalue weighted by atomic mass is 16.3. The van der Waals surface area contributed by atoms with Gasteiger partial charge in [-0.25, -0.2) is 0 Å². The lowest BCUT2D eigenvalue weighted by Gasteiger charge is -2.32. The van der Waals surface area contributed by atoms with Gasteiger partial charge >= 0.3 is 0 Å². The van der Waals surface area contributed by atoms with Gasteiger partial charge in [-0.15, -0.1) is 0 Å². The Labute approximate surface area is 175 Å². The topological polar surface area (TPSA) is 82.8 Å². The second-order valence-electron chi connectivity index (χ2n) is 8.24. The van der Waals surface area contributed by atoms with Crippen LogP contribution >= 0.6 is 0 Å². The molecule has 2 amide bonds. The molecule has 30 heavy (non-hydrogen) atoms. The summed E-state index contributed by atoms with van der Waals surface area (Å²) >= 11 is 0. The summed E-state index contributed by atoms with van der Waals surface area (Å²) in [7, 11) is 3.31. The van der Waals surface area contributed by atoms with Gasteiger partial charge in [-0.2, -0.15) is 0 Å². The van der Waals surface area contributed by atoms with Crippen molar-refractivity contribution >= 4 is 11.8 Å². The predicted molar refractivity (Wildman–Crippen MR) is 113 cm³/mol. The highest BCUT2D eigenvalue weighted by Gasteiger charge is 2.57. The fourth-order valence-electron chi connectivity index (χ4n) is 5.03. The molecule has 4 rings (SSSR count). The van der Waals surface area contributed by atoms with Crippen LogP contribution in [0, 0.1) is 11.8 Å². The van der Waals surface area contributed by atoms with Crippen LogP contribution in [-0.2, 0) is 16.1 Å². The Morgan fingerprint density at radius 2 is 1.83 bits per heavy atom. The summed E-state index contributed by atoms with van der Waals surface area (Å²) in [6.07, 6.45) is 0.255. The lowest BCUT2D eigenvalue weighted by atomic mass is 9.88. The monoisotopic (exact) mass is 409 g/mol. The third-order valence-corrected chi connectivity index (χ3v) is 6.44. The number of aromatic nitrogens is 1. The Balaban J connectivity index is 1.83. The fourth-order valence-corrected chi connectivity index (χ4v) is 5.03. The van der Waals surface area contributed by atoms with Gasteiger partial charge < -0.3 is 19.5 Å². The first-order chi connectivity index (χ1) is 14.4. The molecular formula is C23H27N3O4. The Bertz CT molecular complexity index is 1030. The molecule has 2 aliphatic heterocycles. The number of aliphatic hydroxyl groups is 1. The van der Waals surface area contributed by atoms with Gasteiger partial charge in [0, 0.05) is 56.8 Å².